The van der Waals surface area contributed by atoms with Gasteiger partial charge in [0, 0.05) is 13.1 Å². The molecule has 1 heterocycles. The van der Waals surface area contributed by atoms with E-state index in [0.717, 1.165) is 29.6 Å². The van der Waals surface area contributed by atoms with Crippen LogP contribution < -0.4 is 0 Å². The predicted molar refractivity (Wildman–Crippen MR) is 78.3 cm³/mol. The molecule has 0 spiro atoms. The number of carbonyl (C=O) groups excluding carboxylic acids is 2. The van der Waals surface area contributed by atoms with Crippen LogP contribution >= 0.6 is 0 Å². The summed E-state index contributed by atoms with van der Waals surface area (Å²) in [6, 6.07) is 2.83. The van der Waals surface area contributed by atoms with Crippen LogP contribution in [0.15, 0.2) is 23.1 Å². The van der Waals surface area contributed by atoms with E-state index in [9.17, 15) is 22.4 Å². The number of sulfonamides is 1. The van der Waals surface area contributed by atoms with Crippen LogP contribution in [0.2, 0.25) is 0 Å². The van der Waals surface area contributed by atoms with Gasteiger partial charge in [-0.2, -0.15) is 4.31 Å². The van der Waals surface area contributed by atoms with Gasteiger partial charge in [0.1, 0.15) is 10.7 Å². The lowest BCUT2D eigenvalue weighted by atomic mass is 10.2. The zero-order valence-electron chi connectivity index (χ0n) is 12.9. The number of halogens is 1. The summed E-state index contributed by atoms with van der Waals surface area (Å²) < 4.78 is 54.1. The van der Waals surface area contributed by atoms with Gasteiger partial charge in [-0.05, 0) is 18.2 Å². The molecule has 0 unspecified atom stereocenters. The molecule has 0 aromatic heterocycles. The summed E-state index contributed by atoms with van der Waals surface area (Å²) in [6.45, 7) is -0.0146. The van der Waals surface area contributed by atoms with Crippen molar-refractivity contribution >= 4 is 22.0 Å². The highest BCUT2D eigenvalue weighted by Gasteiger charge is 2.30. The zero-order valence-corrected chi connectivity index (χ0v) is 13.7. The largest absolute Gasteiger partial charge is 0.466 e. The average molecular weight is 361 g/mol. The van der Waals surface area contributed by atoms with Crippen molar-refractivity contribution in [1.82, 2.24) is 4.31 Å². The second-order valence-electron chi connectivity index (χ2n) is 4.81. The minimum absolute atomic E-state index is 0.0960. The molecular weight excluding hydrogens is 345 g/mol. The molecule has 0 saturated carbocycles. The normalized spacial score (nSPS) is 15.8. The van der Waals surface area contributed by atoms with E-state index in [4.69, 9.17) is 4.74 Å². The highest BCUT2D eigenvalue weighted by atomic mass is 32.2. The van der Waals surface area contributed by atoms with Crippen LogP contribution in [0.5, 0.6) is 0 Å². The van der Waals surface area contributed by atoms with E-state index >= 15 is 0 Å². The molecule has 0 atom stereocenters. The zero-order chi connectivity index (χ0) is 17.7. The van der Waals surface area contributed by atoms with Crippen molar-refractivity contribution in [2.24, 2.45) is 0 Å². The van der Waals surface area contributed by atoms with E-state index in [2.05, 4.69) is 9.47 Å². The molecular formula is C14H16FNO7S. The number of morpholine rings is 1. The number of nitrogens with zero attached hydrogens (tertiary/aromatic N) is 1. The molecule has 10 heteroatoms. The molecule has 1 aromatic carbocycles. The quantitative estimate of drug-likeness (QED) is 0.690. The molecule has 1 saturated heterocycles. The van der Waals surface area contributed by atoms with Gasteiger partial charge >= 0.3 is 11.9 Å². The number of hydrogen-bond donors (Lipinski definition) is 0. The average Bonchev–Trinajstić information content (AvgIpc) is 2.60. The van der Waals surface area contributed by atoms with Crippen LogP contribution in [-0.4, -0.2) is 64.7 Å². The smallest absolute Gasteiger partial charge is 0.344 e. The maximum absolute atomic E-state index is 14.0. The predicted octanol–water partition coefficient (Wildman–Crippen LogP) is 0.176. The SMILES string of the molecule is COC(=O)COC(=O)c1ccc(F)c(S(=O)(=O)N2CCOCC2)c1. The van der Waals surface area contributed by atoms with Crippen molar-refractivity contribution in [3.05, 3.63) is 29.6 Å². The first-order chi connectivity index (χ1) is 11.4. The minimum atomic E-state index is -4.11. The standard InChI is InChI=1S/C14H16FNO7S/c1-21-13(17)9-23-14(18)10-2-3-11(15)12(8-10)24(19,20)16-4-6-22-7-5-16/h2-3,8H,4-7,9H2,1H3. The highest BCUT2D eigenvalue weighted by molar-refractivity contribution is 7.89. The molecule has 1 aliphatic rings. The van der Waals surface area contributed by atoms with Gasteiger partial charge in [0.25, 0.3) is 0 Å². The maximum Gasteiger partial charge on any atom is 0.344 e. The van der Waals surface area contributed by atoms with Crippen LogP contribution in [0.25, 0.3) is 0 Å². The Bertz CT molecular complexity index is 729. The molecule has 0 aliphatic carbocycles. The summed E-state index contributed by atoms with van der Waals surface area (Å²) in [4.78, 5) is 22.2. The maximum atomic E-state index is 14.0. The van der Waals surface area contributed by atoms with E-state index in [-0.39, 0.29) is 31.9 Å². The third kappa shape index (κ3) is 4.08. The number of esters is 2. The van der Waals surface area contributed by atoms with Crippen molar-refractivity contribution in [2.75, 3.05) is 40.0 Å². The molecule has 1 aromatic rings. The van der Waals surface area contributed by atoms with Crippen molar-refractivity contribution in [2.45, 2.75) is 4.90 Å². The lowest BCUT2D eigenvalue weighted by molar-refractivity contribution is -0.144. The number of rotatable bonds is 5. The molecule has 1 fully saturated rings. The van der Waals surface area contributed by atoms with Crippen LogP contribution in [0, 0.1) is 5.82 Å². The van der Waals surface area contributed by atoms with E-state index < -0.39 is 39.3 Å². The van der Waals surface area contributed by atoms with Crippen molar-refractivity contribution in [1.29, 1.82) is 0 Å². The number of hydrogen-bond acceptors (Lipinski definition) is 7. The molecule has 8 nitrogen and oxygen atoms in total. The highest BCUT2D eigenvalue weighted by Crippen LogP contribution is 2.22. The Kier molecular flexibility index (Phi) is 5.86. The second-order valence-corrected chi connectivity index (χ2v) is 6.72. The lowest BCUT2D eigenvalue weighted by Gasteiger charge is -2.26. The Morgan fingerprint density at radius 2 is 1.96 bits per heavy atom. The van der Waals surface area contributed by atoms with E-state index in [1.807, 2.05) is 0 Å². The fourth-order valence-corrected chi connectivity index (χ4v) is 3.52. The Balaban J connectivity index is 2.24. The van der Waals surface area contributed by atoms with Gasteiger partial charge in [-0.15, -0.1) is 0 Å². The van der Waals surface area contributed by atoms with Crippen molar-refractivity contribution in [3.63, 3.8) is 0 Å². The summed E-state index contributed by atoms with van der Waals surface area (Å²) in [5.74, 6) is -2.71. The Morgan fingerprint density at radius 1 is 1.29 bits per heavy atom. The fraction of sp³-hybridized carbons (Fsp3) is 0.429. The topological polar surface area (TPSA) is 99.2 Å². The Morgan fingerprint density at radius 3 is 2.58 bits per heavy atom. The first kappa shape index (κ1) is 18.3. The van der Waals surface area contributed by atoms with Crippen LogP contribution in [0.3, 0.4) is 0 Å². The molecule has 0 radical (unpaired) electrons. The van der Waals surface area contributed by atoms with Gasteiger partial charge in [-0.3, -0.25) is 0 Å². The van der Waals surface area contributed by atoms with E-state index in [1.165, 1.54) is 0 Å². The molecule has 0 amide bonds. The number of ether oxygens (including phenoxy) is 3. The first-order valence-corrected chi connectivity index (χ1v) is 8.41. The number of benzene rings is 1. The van der Waals surface area contributed by atoms with Crippen molar-refractivity contribution in [3.8, 4) is 0 Å². The molecule has 1 aliphatic heterocycles. The van der Waals surface area contributed by atoms with Crippen LogP contribution in [0.1, 0.15) is 10.4 Å². The summed E-state index contributed by atoms with van der Waals surface area (Å²) >= 11 is 0. The van der Waals surface area contributed by atoms with Crippen LogP contribution in [-0.2, 0) is 29.0 Å². The second kappa shape index (κ2) is 7.69. The van der Waals surface area contributed by atoms with Gasteiger partial charge in [-0.25, -0.2) is 22.4 Å². The van der Waals surface area contributed by atoms with Crippen LogP contribution in [0.4, 0.5) is 4.39 Å². The minimum Gasteiger partial charge on any atom is -0.466 e. The van der Waals surface area contributed by atoms with Gasteiger partial charge in [0.15, 0.2) is 6.61 Å². The van der Waals surface area contributed by atoms with Crippen molar-refractivity contribution < 1.29 is 36.6 Å². The van der Waals surface area contributed by atoms with Gasteiger partial charge in [-0.1, -0.05) is 0 Å². The van der Waals surface area contributed by atoms with E-state index in [0.29, 0.717) is 0 Å². The van der Waals surface area contributed by atoms with Gasteiger partial charge in [0.2, 0.25) is 10.0 Å². The van der Waals surface area contributed by atoms with Gasteiger partial charge in [0.05, 0.1) is 25.9 Å². The van der Waals surface area contributed by atoms with E-state index in [1.54, 1.807) is 0 Å². The number of carbonyl (C=O) groups is 2. The third-order valence-corrected chi connectivity index (χ3v) is 5.22. The summed E-state index contributed by atoms with van der Waals surface area (Å²) in [7, 11) is -2.98. The van der Waals surface area contributed by atoms with Gasteiger partial charge < -0.3 is 14.2 Å². The third-order valence-electron chi connectivity index (χ3n) is 3.30. The summed E-state index contributed by atoms with van der Waals surface area (Å²) in [6.07, 6.45) is 0. The Hall–Kier alpha value is -2.04. The summed E-state index contributed by atoms with van der Waals surface area (Å²) in [5, 5.41) is 0. The number of methoxy groups -OCH3 is 1. The molecule has 0 bridgehead atoms. The first-order valence-electron chi connectivity index (χ1n) is 6.97. The molecule has 0 N–H and O–H groups in total. The lowest BCUT2D eigenvalue weighted by Crippen LogP contribution is -2.41. The molecule has 132 valence electrons. The fourth-order valence-electron chi connectivity index (χ4n) is 2.02. The molecule has 2 rings (SSSR count). The Labute approximate surface area is 138 Å². The molecule has 24 heavy (non-hydrogen) atoms. The summed E-state index contributed by atoms with van der Waals surface area (Å²) in [5.41, 5.74) is -0.188. The monoisotopic (exact) mass is 361 g/mol.